The zero-order valence-corrected chi connectivity index (χ0v) is 22.4. The van der Waals surface area contributed by atoms with Gasteiger partial charge in [-0.2, -0.15) is 0 Å². The summed E-state index contributed by atoms with van der Waals surface area (Å²) in [4.78, 5) is 12.8. The van der Waals surface area contributed by atoms with Crippen LogP contribution in [0, 0.1) is 50.2 Å². The highest BCUT2D eigenvalue weighted by Gasteiger charge is 2.69. The summed E-state index contributed by atoms with van der Waals surface area (Å²) >= 11 is 0. The van der Waals surface area contributed by atoms with Gasteiger partial charge in [0.05, 0.1) is 18.1 Å². The van der Waals surface area contributed by atoms with Crippen molar-refractivity contribution in [2.24, 2.45) is 50.2 Å². The summed E-state index contributed by atoms with van der Waals surface area (Å²) in [5, 5.41) is 31.8. The van der Waals surface area contributed by atoms with E-state index in [-0.39, 0.29) is 34.2 Å². The van der Waals surface area contributed by atoms with Crippen LogP contribution in [0.3, 0.4) is 0 Å². The number of fused-ring (bicyclic) bond motifs is 7. The van der Waals surface area contributed by atoms with E-state index in [0.717, 1.165) is 64.2 Å². The van der Waals surface area contributed by atoms with Crippen LogP contribution >= 0.6 is 0 Å². The van der Waals surface area contributed by atoms with E-state index in [0.29, 0.717) is 11.8 Å². The van der Waals surface area contributed by atoms with E-state index in [9.17, 15) is 20.1 Å². The van der Waals surface area contributed by atoms with Gasteiger partial charge in [-0.15, -0.1) is 0 Å². The standard InChI is InChI=1S/C30H48O4/c1-25(2)13-15-30(24(33)34)16-14-28(5)19(20(30)17-25)7-8-22-26(3)11-10-23(32)27(4,18-31)21(26)9-12-29(22,28)6/h7,20-23,31-32H,8-18H2,1-6H3,(H,33,34)/t20-,21+,22-,23-,26-,27-,28+,29+,30-/m0/s1. The molecular weight excluding hydrogens is 424 g/mol. The van der Waals surface area contributed by atoms with E-state index in [1.165, 1.54) is 5.57 Å². The van der Waals surface area contributed by atoms with Gasteiger partial charge in [0.2, 0.25) is 0 Å². The largest absolute Gasteiger partial charge is 0.481 e. The van der Waals surface area contributed by atoms with Crippen molar-refractivity contribution in [1.82, 2.24) is 0 Å². The summed E-state index contributed by atoms with van der Waals surface area (Å²) < 4.78 is 0. The molecule has 0 aliphatic heterocycles. The molecule has 5 aliphatic rings. The maximum atomic E-state index is 12.8. The van der Waals surface area contributed by atoms with E-state index < -0.39 is 22.9 Å². The summed E-state index contributed by atoms with van der Waals surface area (Å²) in [5.41, 5.74) is 0.858. The van der Waals surface area contributed by atoms with E-state index >= 15 is 0 Å². The minimum absolute atomic E-state index is 0.0204. The van der Waals surface area contributed by atoms with E-state index in [1.807, 2.05) is 0 Å². The summed E-state index contributed by atoms with van der Waals surface area (Å²) in [5.74, 6) is 0.395. The highest BCUT2D eigenvalue weighted by Crippen LogP contribution is 2.75. The van der Waals surface area contributed by atoms with Crippen molar-refractivity contribution < 1.29 is 20.1 Å². The van der Waals surface area contributed by atoms with Crippen LogP contribution in [0.25, 0.3) is 0 Å². The molecule has 0 aromatic carbocycles. The Hall–Kier alpha value is -0.870. The zero-order valence-electron chi connectivity index (χ0n) is 22.4. The highest BCUT2D eigenvalue weighted by molar-refractivity contribution is 5.76. The highest BCUT2D eigenvalue weighted by atomic mass is 16.4. The number of carboxylic acid groups (broad SMARTS) is 1. The molecule has 0 unspecified atom stereocenters. The molecule has 0 aromatic rings. The first-order valence-corrected chi connectivity index (χ1v) is 13.9. The van der Waals surface area contributed by atoms with Gasteiger partial charge in [0.1, 0.15) is 0 Å². The van der Waals surface area contributed by atoms with Gasteiger partial charge in [-0.05, 0) is 104 Å². The van der Waals surface area contributed by atoms with Crippen LogP contribution in [0.15, 0.2) is 11.6 Å². The number of aliphatic hydroxyl groups is 2. The molecule has 5 rings (SSSR count). The third-order valence-corrected chi connectivity index (χ3v) is 13.2. The van der Waals surface area contributed by atoms with Crippen LogP contribution < -0.4 is 0 Å². The predicted octanol–water partition coefficient (Wildman–Crippen LogP) is 6.21. The minimum Gasteiger partial charge on any atom is -0.481 e. The quantitative estimate of drug-likeness (QED) is 0.418. The Bertz CT molecular complexity index is 907. The summed E-state index contributed by atoms with van der Waals surface area (Å²) in [6.07, 6.45) is 11.6. The molecule has 4 fully saturated rings. The second-order valence-corrected chi connectivity index (χ2v) is 14.9. The topological polar surface area (TPSA) is 77.8 Å². The molecule has 4 nitrogen and oxygen atoms in total. The number of hydrogen-bond donors (Lipinski definition) is 3. The van der Waals surface area contributed by atoms with Crippen LogP contribution in [0.4, 0.5) is 0 Å². The fraction of sp³-hybridized carbons (Fsp3) is 0.900. The predicted molar refractivity (Wildman–Crippen MR) is 134 cm³/mol. The maximum absolute atomic E-state index is 12.8. The molecule has 34 heavy (non-hydrogen) atoms. The Morgan fingerprint density at radius 1 is 0.941 bits per heavy atom. The third kappa shape index (κ3) is 2.88. The number of aliphatic carboxylic acids is 1. The lowest BCUT2D eigenvalue weighted by Gasteiger charge is -2.71. The van der Waals surface area contributed by atoms with Crippen LogP contribution in [0.2, 0.25) is 0 Å². The van der Waals surface area contributed by atoms with Gasteiger partial charge in [0.25, 0.3) is 0 Å². The average Bonchev–Trinajstić information content (AvgIpc) is 2.76. The van der Waals surface area contributed by atoms with Crippen LogP contribution in [-0.2, 0) is 4.79 Å². The van der Waals surface area contributed by atoms with Crippen molar-refractivity contribution in [1.29, 1.82) is 0 Å². The van der Waals surface area contributed by atoms with Crippen molar-refractivity contribution in [3.63, 3.8) is 0 Å². The molecule has 0 aromatic heterocycles. The summed E-state index contributed by atoms with van der Waals surface area (Å²) in [7, 11) is 0. The summed E-state index contributed by atoms with van der Waals surface area (Å²) in [6, 6.07) is 0. The van der Waals surface area contributed by atoms with Crippen LogP contribution in [0.5, 0.6) is 0 Å². The van der Waals surface area contributed by atoms with Gasteiger partial charge in [0.15, 0.2) is 0 Å². The number of carbonyl (C=O) groups is 1. The number of allylic oxidation sites excluding steroid dienone is 2. The van der Waals surface area contributed by atoms with Gasteiger partial charge in [-0.1, -0.05) is 53.2 Å². The van der Waals surface area contributed by atoms with Crippen LogP contribution in [-0.4, -0.2) is 34.0 Å². The normalized spacial score (nSPS) is 54.1. The van der Waals surface area contributed by atoms with Gasteiger partial charge < -0.3 is 15.3 Å². The summed E-state index contributed by atoms with van der Waals surface area (Å²) in [6.45, 7) is 14.3. The lowest BCUT2D eigenvalue weighted by molar-refractivity contribution is -0.216. The number of carboxylic acids is 1. The molecule has 0 amide bonds. The Balaban J connectivity index is 1.60. The Morgan fingerprint density at radius 2 is 1.62 bits per heavy atom. The van der Waals surface area contributed by atoms with Crippen molar-refractivity contribution in [3.8, 4) is 0 Å². The van der Waals surface area contributed by atoms with Gasteiger partial charge >= 0.3 is 5.97 Å². The molecular formula is C30H48O4. The molecule has 0 spiro atoms. The molecule has 0 radical (unpaired) electrons. The second-order valence-electron chi connectivity index (χ2n) is 14.9. The zero-order chi connectivity index (χ0) is 24.9. The maximum Gasteiger partial charge on any atom is 0.310 e. The molecule has 4 heteroatoms. The Kier molecular flexibility index (Phi) is 5.36. The first kappa shape index (κ1) is 24.8. The average molecular weight is 473 g/mol. The van der Waals surface area contributed by atoms with Gasteiger partial charge in [-0.25, -0.2) is 0 Å². The van der Waals surface area contributed by atoms with Gasteiger partial charge in [-0.3, -0.25) is 4.79 Å². The fourth-order valence-corrected chi connectivity index (χ4v) is 10.7. The monoisotopic (exact) mass is 472 g/mol. The molecule has 3 N–H and O–H groups in total. The second kappa shape index (κ2) is 7.34. The lowest BCUT2D eigenvalue weighted by atomic mass is 9.33. The third-order valence-electron chi connectivity index (χ3n) is 13.2. The molecule has 0 saturated heterocycles. The Morgan fingerprint density at radius 3 is 2.26 bits per heavy atom. The molecule has 192 valence electrons. The van der Waals surface area contributed by atoms with E-state index in [2.05, 4.69) is 47.6 Å². The molecule has 9 atom stereocenters. The molecule has 4 saturated carbocycles. The van der Waals surface area contributed by atoms with Crippen molar-refractivity contribution in [3.05, 3.63) is 11.6 Å². The molecule has 5 aliphatic carbocycles. The van der Waals surface area contributed by atoms with Crippen molar-refractivity contribution in [2.45, 2.75) is 112 Å². The Labute approximate surface area is 206 Å². The number of aliphatic hydroxyl groups excluding tert-OH is 2. The molecule has 0 heterocycles. The first-order chi connectivity index (χ1) is 15.7. The number of rotatable bonds is 2. The minimum atomic E-state index is -0.588. The smallest absolute Gasteiger partial charge is 0.310 e. The number of hydrogen-bond acceptors (Lipinski definition) is 3. The SMILES string of the molecule is CC1(C)CC[C@]2(C(=O)O)CC[C@]3(C)C(=CC[C@H]4[C@@]5(C)CC[C@H](O)[C@@](C)(CO)[C@@H]5CC[C@]43C)[C@@H]2C1. The first-order valence-electron chi connectivity index (χ1n) is 13.9. The lowest BCUT2D eigenvalue weighted by Crippen LogP contribution is -2.65. The van der Waals surface area contributed by atoms with Crippen molar-refractivity contribution >= 4 is 5.97 Å². The van der Waals surface area contributed by atoms with E-state index in [1.54, 1.807) is 0 Å². The fourth-order valence-electron chi connectivity index (χ4n) is 10.7. The van der Waals surface area contributed by atoms with E-state index in [4.69, 9.17) is 0 Å². The van der Waals surface area contributed by atoms with Gasteiger partial charge in [0, 0.05) is 5.41 Å². The molecule has 0 bridgehead atoms. The van der Waals surface area contributed by atoms with Crippen molar-refractivity contribution in [2.75, 3.05) is 6.61 Å². The van der Waals surface area contributed by atoms with Crippen LogP contribution in [0.1, 0.15) is 106 Å².